The van der Waals surface area contributed by atoms with Crippen molar-refractivity contribution >= 4 is 78.8 Å². The summed E-state index contributed by atoms with van der Waals surface area (Å²) < 4.78 is 0. The fourth-order valence-corrected chi connectivity index (χ4v) is 9.85. The second-order valence-corrected chi connectivity index (χ2v) is 14.3. The average molecular weight is 615 g/mol. The third-order valence-electron chi connectivity index (χ3n) is 11.6. The lowest BCUT2D eigenvalue weighted by Gasteiger charge is -2.46. The molecule has 2 nitrogen and oxygen atoms in total. The minimum absolute atomic E-state index is 0.137. The maximum absolute atomic E-state index is 2.63. The highest BCUT2D eigenvalue weighted by atomic mass is 15.2. The van der Waals surface area contributed by atoms with Crippen LogP contribution >= 0.6 is 0 Å². The molecule has 0 spiro atoms. The Balaban J connectivity index is 1.34. The van der Waals surface area contributed by atoms with Crippen molar-refractivity contribution in [2.24, 2.45) is 0 Å². The van der Waals surface area contributed by atoms with Crippen molar-refractivity contribution in [2.45, 2.75) is 45.4 Å². The number of para-hydroxylation sites is 2. The topological polar surface area (TPSA) is 6.48 Å². The quantitative estimate of drug-likeness (QED) is 0.179. The van der Waals surface area contributed by atoms with Gasteiger partial charge in [0.2, 0.25) is 0 Å². The van der Waals surface area contributed by atoms with E-state index < -0.39 is 0 Å². The molecule has 0 radical (unpaired) electrons. The number of nitrogens with zero attached hydrogens (tertiary/aromatic N) is 2. The first-order chi connectivity index (χ1) is 23.7. The van der Waals surface area contributed by atoms with Crippen molar-refractivity contribution < 1.29 is 0 Å². The Kier molecular flexibility index (Phi) is 5.50. The Labute approximate surface area is 282 Å². The zero-order valence-electron chi connectivity index (χ0n) is 27.3. The molecule has 4 aliphatic rings. The van der Waals surface area contributed by atoms with Crippen LogP contribution in [0.5, 0.6) is 0 Å². The number of hydrogen-bond acceptors (Lipinski definition) is 2. The molecule has 0 saturated carbocycles. The van der Waals surface area contributed by atoms with Crippen molar-refractivity contribution in [2.75, 3.05) is 9.80 Å². The van der Waals surface area contributed by atoms with E-state index in [1.807, 2.05) is 0 Å². The van der Waals surface area contributed by atoms with Crippen LogP contribution in [-0.4, -0.2) is 6.71 Å². The van der Waals surface area contributed by atoms with Gasteiger partial charge in [-0.2, -0.15) is 0 Å². The molecule has 2 aliphatic carbocycles. The number of rotatable bonds is 2. The molecule has 3 heteroatoms. The molecule has 0 N–H and O–H groups in total. The summed E-state index contributed by atoms with van der Waals surface area (Å²) in [6, 6.07) is 46.5. The summed E-state index contributed by atoms with van der Waals surface area (Å²) in [6.45, 7) is 2.41. The lowest BCUT2D eigenvalue weighted by Crippen LogP contribution is -2.61. The van der Waals surface area contributed by atoms with E-state index in [2.05, 4.69) is 138 Å². The van der Waals surface area contributed by atoms with Gasteiger partial charge in [-0.25, -0.2) is 0 Å². The number of fused-ring (bicyclic) bond motifs is 6. The maximum Gasteiger partial charge on any atom is 0.252 e. The van der Waals surface area contributed by atoms with Gasteiger partial charge in [-0.3, -0.25) is 0 Å². The molecule has 0 bridgehead atoms. The molecule has 0 unspecified atom stereocenters. The Morgan fingerprint density at radius 2 is 0.938 bits per heavy atom. The molecule has 0 atom stereocenters. The van der Waals surface area contributed by atoms with Gasteiger partial charge in [0.1, 0.15) is 0 Å². The van der Waals surface area contributed by atoms with E-state index in [0.717, 1.165) is 25.7 Å². The smallest absolute Gasteiger partial charge is 0.252 e. The monoisotopic (exact) mass is 614 g/mol. The van der Waals surface area contributed by atoms with Crippen LogP contribution in [0, 0.1) is 6.92 Å². The number of aryl methyl sites for hydroxylation is 5. The lowest BCUT2D eigenvalue weighted by molar-refractivity contribution is 0.808. The molecular weight excluding hydrogens is 579 g/mol. The highest BCUT2D eigenvalue weighted by Gasteiger charge is 2.45. The van der Waals surface area contributed by atoms with Crippen molar-refractivity contribution in [1.82, 2.24) is 0 Å². The fraction of sp³-hybridized carbons (Fsp3) is 0.156. The van der Waals surface area contributed by atoms with E-state index in [9.17, 15) is 0 Å². The predicted molar refractivity (Wildman–Crippen MR) is 204 cm³/mol. The second kappa shape index (κ2) is 9.87. The summed E-state index contributed by atoms with van der Waals surface area (Å²) in [6.07, 6.45) is 7.03. The van der Waals surface area contributed by atoms with Crippen molar-refractivity contribution in [3.8, 4) is 0 Å². The second-order valence-electron chi connectivity index (χ2n) is 14.3. The minimum Gasteiger partial charge on any atom is -0.311 e. The highest BCUT2D eigenvalue weighted by Crippen LogP contribution is 2.49. The molecular formula is C45H35BN2. The van der Waals surface area contributed by atoms with Gasteiger partial charge < -0.3 is 9.80 Å². The van der Waals surface area contributed by atoms with Crippen LogP contribution in [0.25, 0.3) is 21.5 Å². The van der Waals surface area contributed by atoms with Crippen LogP contribution in [0.4, 0.5) is 34.1 Å². The molecule has 2 aliphatic heterocycles. The largest absolute Gasteiger partial charge is 0.311 e. The van der Waals surface area contributed by atoms with E-state index >= 15 is 0 Å². The molecule has 7 aromatic rings. The van der Waals surface area contributed by atoms with Gasteiger partial charge in [0.05, 0.1) is 0 Å². The van der Waals surface area contributed by atoms with E-state index in [-0.39, 0.29) is 6.71 Å². The van der Waals surface area contributed by atoms with Crippen LogP contribution < -0.4 is 26.2 Å². The average Bonchev–Trinajstić information content (AvgIpc) is 3.13. The van der Waals surface area contributed by atoms with Gasteiger partial charge in [0, 0.05) is 44.9 Å². The van der Waals surface area contributed by atoms with Crippen molar-refractivity contribution in [3.63, 3.8) is 0 Å². The van der Waals surface area contributed by atoms with Crippen molar-refractivity contribution in [3.05, 3.63) is 149 Å². The Morgan fingerprint density at radius 1 is 0.479 bits per heavy atom. The van der Waals surface area contributed by atoms with Gasteiger partial charge in [-0.15, -0.1) is 0 Å². The van der Waals surface area contributed by atoms with Gasteiger partial charge in [-0.05, 0) is 137 Å². The Morgan fingerprint density at radius 3 is 1.42 bits per heavy atom. The first-order valence-corrected chi connectivity index (χ1v) is 17.7. The van der Waals surface area contributed by atoms with Gasteiger partial charge in [0.25, 0.3) is 6.71 Å². The zero-order chi connectivity index (χ0) is 31.5. The van der Waals surface area contributed by atoms with E-state index in [1.165, 1.54) is 113 Å². The number of benzene rings is 7. The van der Waals surface area contributed by atoms with Gasteiger partial charge >= 0.3 is 0 Å². The summed E-state index contributed by atoms with van der Waals surface area (Å²) >= 11 is 0. The normalized spacial score (nSPS) is 15.4. The number of hydrogen-bond donors (Lipinski definition) is 0. The molecule has 0 aromatic heterocycles. The third kappa shape index (κ3) is 3.54. The lowest BCUT2D eigenvalue weighted by atomic mass is 9.33. The van der Waals surface area contributed by atoms with Gasteiger partial charge in [-0.1, -0.05) is 84.9 Å². The Bertz CT molecular complexity index is 2310. The molecule has 48 heavy (non-hydrogen) atoms. The molecule has 0 amide bonds. The summed E-state index contributed by atoms with van der Waals surface area (Å²) in [5.74, 6) is 0. The SMILES string of the molecule is Cc1cc2c3c(c1)N(c1ccccc1)c1c(cc4c5c(cccc15)CCC4)B3c1cc3c4c(cccc4c1N2c1ccccc1)CCC3. The maximum atomic E-state index is 2.63. The van der Waals surface area contributed by atoms with Gasteiger partial charge in [0.15, 0.2) is 0 Å². The molecule has 2 heterocycles. The van der Waals surface area contributed by atoms with Crippen LogP contribution in [0.1, 0.15) is 40.7 Å². The summed E-state index contributed by atoms with van der Waals surface area (Å²) in [5, 5.41) is 5.77. The zero-order valence-corrected chi connectivity index (χ0v) is 27.3. The van der Waals surface area contributed by atoms with Crippen LogP contribution in [0.15, 0.2) is 121 Å². The highest BCUT2D eigenvalue weighted by molar-refractivity contribution is 7.00. The molecule has 0 fully saturated rings. The van der Waals surface area contributed by atoms with E-state index in [1.54, 1.807) is 0 Å². The summed E-state index contributed by atoms with van der Waals surface area (Å²) in [4.78, 5) is 5.21. The standard InChI is InChI=1S/C45H35BN2/c1-28-24-39-43-40(25-28)48(34-20-6-3-7-21-34)45-36-23-11-15-30-13-9-17-32(42(30)36)27-38(45)46(43)37-26-31-16-8-12-29-14-10-22-35(41(29)31)44(37)47(39)33-18-4-2-5-19-33/h2-7,10-11,14-15,18-27H,8-9,12-13,16-17H2,1H3. The first kappa shape index (κ1) is 26.8. The molecule has 7 aromatic carbocycles. The van der Waals surface area contributed by atoms with Crippen LogP contribution in [-0.2, 0) is 25.7 Å². The van der Waals surface area contributed by atoms with E-state index in [4.69, 9.17) is 0 Å². The minimum atomic E-state index is 0.137. The first-order valence-electron chi connectivity index (χ1n) is 17.7. The van der Waals surface area contributed by atoms with E-state index in [0.29, 0.717) is 0 Å². The number of anilines is 6. The fourth-order valence-electron chi connectivity index (χ4n) is 9.85. The molecule has 0 saturated heterocycles. The predicted octanol–water partition coefficient (Wildman–Crippen LogP) is 9.36. The third-order valence-corrected chi connectivity index (χ3v) is 11.6. The van der Waals surface area contributed by atoms with Crippen LogP contribution in [0.3, 0.4) is 0 Å². The summed E-state index contributed by atoms with van der Waals surface area (Å²) in [7, 11) is 0. The van der Waals surface area contributed by atoms with Crippen LogP contribution in [0.2, 0.25) is 0 Å². The van der Waals surface area contributed by atoms with Crippen molar-refractivity contribution in [1.29, 1.82) is 0 Å². The molecule has 11 rings (SSSR count). The molecule has 228 valence electrons. The summed E-state index contributed by atoms with van der Waals surface area (Å²) in [5.41, 5.74) is 19.4. The Hall–Kier alpha value is -5.28.